The summed E-state index contributed by atoms with van der Waals surface area (Å²) in [6.45, 7) is 18.7. The van der Waals surface area contributed by atoms with Crippen molar-refractivity contribution in [1.29, 1.82) is 5.41 Å². The van der Waals surface area contributed by atoms with Gasteiger partial charge in [-0.25, -0.2) is 0 Å². The highest BCUT2D eigenvalue weighted by Crippen LogP contribution is 2.40. The molecule has 0 saturated carbocycles. The minimum Gasteiger partial charge on any atom is -0.507 e. The standard InChI is InChI=1S/C33H48N2O3.BrH/c1-10-11-25-17-24(16-22-12-14-26(15-13-22)38-21(2)3)31(34)35(25)20-29(36)23-18-27(32(4,5)6)30(37)28(19-23)33(7,8)9;/h12-15,18-19,21,24-25,34,37H,10-11,16-17,20H2,1-9H3;1H/t24-,25-;/m0./s1. The maximum Gasteiger partial charge on any atom is 0.182 e. The van der Waals surface area contributed by atoms with Crippen LogP contribution in [0, 0.1) is 11.3 Å². The predicted octanol–water partition coefficient (Wildman–Crippen LogP) is 8.25. The Morgan fingerprint density at radius 2 is 1.59 bits per heavy atom. The third-order valence-corrected chi connectivity index (χ3v) is 7.45. The molecule has 1 fully saturated rings. The third kappa shape index (κ3) is 8.09. The van der Waals surface area contributed by atoms with E-state index in [0.717, 1.165) is 42.6 Å². The van der Waals surface area contributed by atoms with Gasteiger partial charge in [0.15, 0.2) is 5.78 Å². The van der Waals surface area contributed by atoms with E-state index in [-0.39, 0.29) is 64.0 Å². The van der Waals surface area contributed by atoms with Crippen molar-refractivity contribution in [3.63, 3.8) is 0 Å². The van der Waals surface area contributed by atoms with Crippen LogP contribution in [-0.4, -0.2) is 40.3 Å². The van der Waals surface area contributed by atoms with E-state index < -0.39 is 0 Å². The van der Waals surface area contributed by atoms with Crippen LogP contribution in [0.1, 0.15) is 109 Å². The van der Waals surface area contributed by atoms with Crippen LogP contribution in [0.25, 0.3) is 0 Å². The number of ketones is 1. The van der Waals surface area contributed by atoms with E-state index in [1.54, 1.807) is 0 Å². The highest BCUT2D eigenvalue weighted by Gasteiger charge is 2.37. The van der Waals surface area contributed by atoms with Gasteiger partial charge in [-0.05, 0) is 73.8 Å². The second-order valence-corrected chi connectivity index (χ2v) is 13.2. The predicted molar refractivity (Wildman–Crippen MR) is 167 cm³/mol. The molecule has 2 aromatic rings. The summed E-state index contributed by atoms with van der Waals surface area (Å²) in [7, 11) is 0. The normalized spacial score (nSPS) is 17.9. The molecule has 5 nitrogen and oxygen atoms in total. The lowest BCUT2D eigenvalue weighted by Crippen LogP contribution is -2.38. The van der Waals surface area contributed by atoms with Crippen molar-refractivity contribution in [2.75, 3.05) is 6.54 Å². The van der Waals surface area contributed by atoms with Gasteiger partial charge in [0.2, 0.25) is 0 Å². The Labute approximate surface area is 246 Å². The van der Waals surface area contributed by atoms with Crippen molar-refractivity contribution < 1.29 is 14.6 Å². The highest BCUT2D eigenvalue weighted by atomic mass is 79.9. The monoisotopic (exact) mass is 600 g/mol. The number of Topliss-reactive ketones (excluding diaryl/α,β-unsaturated/α-hetero) is 1. The van der Waals surface area contributed by atoms with Gasteiger partial charge >= 0.3 is 0 Å². The Bertz CT molecular complexity index is 1110. The molecule has 2 aromatic carbocycles. The molecule has 1 heterocycles. The Hall–Kier alpha value is -2.34. The number of phenolic OH excluding ortho intramolecular Hbond substituents is 1. The van der Waals surface area contributed by atoms with Crippen LogP contribution in [0.4, 0.5) is 0 Å². The number of benzene rings is 2. The fourth-order valence-electron chi connectivity index (χ4n) is 5.45. The van der Waals surface area contributed by atoms with Crippen molar-refractivity contribution in [3.8, 4) is 11.5 Å². The first-order valence-corrected chi connectivity index (χ1v) is 14.1. The Morgan fingerprint density at radius 3 is 2.05 bits per heavy atom. The van der Waals surface area contributed by atoms with Crippen LogP contribution in [0.3, 0.4) is 0 Å². The SMILES string of the molecule is Br.CCC[C@H]1C[C@H](Cc2ccc(OC(C)C)cc2)C(=N)N1CC(=O)c1cc(C(C)(C)C)c(O)c(C(C)(C)C)c1. The van der Waals surface area contributed by atoms with Crippen LogP contribution in [0.15, 0.2) is 36.4 Å². The maximum absolute atomic E-state index is 13.7. The Morgan fingerprint density at radius 1 is 1.05 bits per heavy atom. The highest BCUT2D eigenvalue weighted by molar-refractivity contribution is 8.93. The molecular weight excluding hydrogens is 552 g/mol. The van der Waals surface area contributed by atoms with E-state index >= 15 is 0 Å². The number of phenols is 1. The van der Waals surface area contributed by atoms with Gasteiger partial charge < -0.3 is 14.7 Å². The largest absolute Gasteiger partial charge is 0.507 e. The molecule has 0 spiro atoms. The molecule has 6 heteroatoms. The summed E-state index contributed by atoms with van der Waals surface area (Å²) in [5.41, 5.74) is 2.78. The van der Waals surface area contributed by atoms with Crippen LogP contribution >= 0.6 is 17.0 Å². The number of amidine groups is 1. The molecule has 2 atom stereocenters. The van der Waals surface area contributed by atoms with Crippen LogP contribution in [0.2, 0.25) is 0 Å². The molecule has 216 valence electrons. The summed E-state index contributed by atoms with van der Waals surface area (Å²) in [5.74, 6) is 1.79. The molecule has 1 aliphatic rings. The lowest BCUT2D eigenvalue weighted by molar-refractivity contribution is 0.0950. The van der Waals surface area contributed by atoms with Crippen LogP contribution < -0.4 is 4.74 Å². The van der Waals surface area contributed by atoms with Gasteiger partial charge in [-0.15, -0.1) is 17.0 Å². The molecule has 1 saturated heterocycles. The fourth-order valence-corrected chi connectivity index (χ4v) is 5.45. The van der Waals surface area contributed by atoms with Crippen molar-refractivity contribution >= 4 is 28.6 Å². The summed E-state index contributed by atoms with van der Waals surface area (Å²) in [6, 6.07) is 12.1. The number of nitrogens with one attached hydrogen (secondary N) is 1. The van der Waals surface area contributed by atoms with E-state index in [9.17, 15) is 9.90 Å². The van der Waals surface area contributed by atoms with E-state index in [1.165, 1.54) is 5.56 Å². The average Bonchev–Trinajstić information content (AvgIpc) is 3.07. The number of nitrogens with zero attached hydrogens (tertiary/aromatic N) is 1. The number of ether oxygens (including phenoxy) is 1. The second kappa shape index (κ2) is 12.9. The number of carbonyl (C=O) groups is 1. The second-order valence-electron chi connectivity index (χ2n) is 13.2. The zero-order valence-electron chi connectivity index (χ0n) is 25.4. The summed E-state index contributed by atoms with van der Waals surface area (Å²) in [6.07, 6.45) is 3.78. The topological polar surface area (TPSA) is 73.6 Å². The number of aromatic hydroxyl groups is 1. The third-order valence-electron chi connectivity index (χ3n) is 7.45. The first kappa shape index (κ1) is 32.9. The van der Waals surface area contributed by atoms with Gasteiger partial charge in [0.05, 0.1) is 18.5 Å². The first-order chi connectivity index (χ1) is 17.6. The number of carbonyl (C=O) groups excluding carboxylic acids is 1. The first-order valence-electron chi connectivity index (χ1n) is 14.1. The fraction of sp³-hybridized carbons (Fsp3) is 0.576. The zero-order chi connectivity index (χ0) is 28.4. The Balaban J connectivity index is 0.00000533. The van der Waals surface area contributed by atoms with Crippen molar-refractivity contribution in [1.82, 2.24) is 4.90 Å². The summed E-state index contributed by atoms with van der Waals surface area (Å²) >= 11 is 0. The molecule has 0 bridgehead atoms. The van der Waals surface area contributed by atoms with Gasteiger partial charge in [-0.1, -0.05) is 67.0 Å². The molecule has 0 unspecified atom stereocenters. The van der Waals surface area contributed by atoms with E-state index in [4.69, 9.17) is 10.1 Å². The minimum absolute atomic E-state index is 0. The van der Waals surface area contributed by atoms with E-state index in [2.05, 4.69) is 60.6 Å². The number of likely N-dealkylation sites (tertiary alicyclic amines) is 1. The number of hydrogen-bond acceptors (Lipinski definition) is 4. The minimum atomic E-state index is -0.299. The van der Waals surface area contributed by atoms with E-state index in [0.29, 0.717) is 11.4 Å². The molecule has 2 N–H and O–H groups in total. The van der Waals surface area contributed by atoms with Crippen molar-refractivity contribution in [2.45, 2.75) is 111 Å². The molecule has 0 radical (unpaired) electrons. The molecule has 1 aliphatic heterocycles. The quantitative estimate of drug-likeness (QED) is 0.284. The number of halogens is 1. The molecular formula is C33H49BrN2O3. The van der Waals surface area contributed by atoms with E-state index in [1.807, 2.05) is 43.0 Å². The molecule has 0 amide bonds. The summed E-state index contributed by atoms with van der Waals surface area (Å²) < 4.78 is 5.77. The van der Waals surface area contributed by atoms with Crippen LogP contribution in [-0.2, 0) is 17.3 Å². The van der Waals surface area contributed by atoms with Gasteiger partial charge in [0.25, 0.3) is 0 Å². The van der Waals surface area contributed by atoms with Crippen molar-refractivity contribution in [2.24, 2.45) is 5.92 Å². The molecule has 0 aliphatic carbocycles. The van der Waals surface area contributed by atoms with Gasteiger partial charge in [-0.2, -0.15) is 0 Å². The number of hydrogen-bond donors (Lipinski definition) is 2. The zero-order valence-corrected chi connectivity index (χ0v) is 27.1. The average molecular weight is 602 g/mol. The lowest BCUT2D eigenvalue weighted by atomic mass is 9.78. The molecule has 3 rings (SSSR count). The van der Waals surface area contributed by atoms with Gasteiger partial charge in [-0.3, -0.25) is 10.2 Å². The molecule has 39 heavy (non-hydrogen) atoms. The molecule has 0 aromatic heterocycles. The van der Waals surface area contributed by atoms with Crippen LogP contribution in [0.5, 0.6) is 11.5 Å². The summed E-state index contributed by atoms with van der Waals surface area (Å²) in [5, 5.41) is 20.1. The Kier molecular flexibility index (Phi) is 10.9. The number of rotatable bonds is 9. The lowest BCUT2D eigenvalue weighted by Gasteiger charge is -2.29. The smallest absolute Gasteiger partial charge is 0.182 e. The summed E-state index contributed by atoms with van der Waals surface area (Å²) in [4.78, 5) is 15.8. The maximum atomic E-state index is 13.7. The van der Waals surface area contributed by atoms with Gasteiger partial charge in [0.1, 0.15) is 11.5 Å². The van der Waals surface area contributed by atoms with Gasteiger partial charge in [0, 0.05) is 28.7 Å². The van der Waals surface area contributed by atoms with Crippen molar-refractivity contribution in [3.05, 3.63) is 58.7 Å².